The third kappa shape index (κ3) is 7.78. The number of halogens is 2. The van der Waals surface area contributed by atoms with Gasteiger partial charge in [0.2, 0.25) is 0 Å². The molecule has 7 nitrogen and oxygen atoms in total. The molecule has 3 aliphatic rings. The second-order valence-corrected chi connectivity index (χ2v) is 8.19. The van der Waals surface area contributed by atoms with Crippen LogP contribution in [0.3, 0.4) is 0 Å². The molecule has 0 aromatic rings. The van der Waals surface area contributed by atoms with Gasteiger partial charge in [0.05, 0.1) is 7.11 Å². The van der Waals surface area contributed by atoms with E-state index in [4.69, 9.17) is 4.74 Å². The minimum atomic E-state index is -0.119. The quantitative estimate of drug-likeness (QED) is 0.648. The summed E-state index contributed by atoms with van der Waals surface area (Å²) in [7, 11) is 1.44. The maximum absolute atomic E-state index is 12.8. The number of carbonyl (C=O) groups is 2. The van der Waals surface area contributed by atoms with Gasteiger partial charge in [-0.15, -0.1) is 24.8 Å². The first-order valence-electron chi connectivity index (χ1n) is 10.7. The van der Waals surface area contributed by atoms with Gasteiger partial charge in [-0.25, -0.2) is 4.79 Å². The summed E-state index contributed by atoms with van der Waals surface area (Å²) >= 11 is 0. The van der Waals surface area contributed by atoms with Gasteiger partial charge in [-0.1, -0.05) is 0 Å². The molecule has 3 fully saturated rings. The number of nitrogens with zero attached hydrogens (tertiary/aromatic N) is 3. The number of rotatable bonds is 5. The summed E-state index contributed by atoms with van der Waals surface area (Å²) in [5.74, 6) is 0.515. The van der Waals surface area contributed by atoms with Gasteiger partial charge in [-0.2, -0.15) is 0 Å². The Balaban J connectivity index is 0.00000210. The molecule has 0 atom stereocenters. The number of likely N-dealkylation sites (tertiary alicyclic amines) is 1. The van der Waals surface area contributed by atoms with E-state index in [9.17, 15) is 9.59 Å². The summed E-state index contributed by atoms with van der Waals surface area (Å²) in [6.45, 7) is 7.72. The Hall–Kier alpha value is -0.760. The Morgan fingerprint density at radius 3 is 2.07 bits per heavy atom. The lowest BCUT2D eigenvalue weighted by atomic mass is 9.91. The number of hydrogen-bond acceptors (Lipinski definition) is 5. The predicted octanol–water partition coefficient (Wildman–Crippen LogP) is 2.37. The highest BCUT2D eigenvalue weighted by Crippen LogP contribution is 2.24. The van der Waals surface area contributed by atoms with E-state index in [0.717, 1.165) is 78.0 Å². The molecule has 0 unspecified atom stereocenters. The average Bonchev–Trinajstić information content (AvgIpc) is 2.74. The lowest BCUT2D eigenvalue weighted by Crippen LogP contribution is -2.56. The molecular formula is C20H38Cl2N4O3. The highest BCUT2D eigenvalue weighted by Gasteiger charge is 2.30. The maximum Gasteiger partial charge on any atom is 0.320 e. The van der Waals surface area contributed by atoms with Crippen molar-refractivity contribution in [2.75, 3.05) is 59.5 Å². The number of ether oxygens (including phenoxy) is 1. The molecule has 0 aliphatic carbocycles. The molecule has 0 spiro atoms. The van der Waals surface area contributed by atoms with Gasteiger partial charge in [0.25, 0.3) is 0 Å². The number of amides is 2. The largest absolute Gasteiger partial charge is 0.469 e. The van der Waals surface area contributed by atoms with Crippen LogP contribution in [0.1, 0.15) is 44.9 Å². The van der Waals surface area contributed by atoms with Crippen LogP contribution in [-0.2, 0) is 9.53 Å². The van der Waals surface area contributed by atoms with Crippen LogP contribution in [0, 0.1) is 5.92 Å². The van der Waals surface area contributed by atoms with E-state index in [0.29, 0.717) is 18.4 Å². The van der Waals surface area contributed by atoms with Crippen molar-refractivity contribution in [3.05, 3.63) is 0 Å². The summed E-state index contributed by atoms with van der Waals surface area (Å²) in [5, 5.41) is 3.43. The topological polar surface area (TPSA) is 65.1 Å². The Bertz CT molecular complexity index is 490. The first kappa shape index (κ1) is 26.3. The smallest absolute Gasteiger partial charge is 0.320 e. The average molecular weight is 453 g/mol. The van der Waals surface area contributed by atoms with Gasteiger partial charge in [-0.05, 0) is 57.5 Å². The van der Waals surface area contributed by atoms with Crippen molar-refractivity contribution in [3.63, 3.8) is 0 Å². The van der Waals surface area contributed by atoms with Crippen LogP contribution < -0.4 is 5.32 Å². The molecular weight excluding hydrogens is 415 g/mol. The van der Waals surface area contributed by atoms with Crippen LogP contribution in [0.5, 0.6) is 0 Å². The molecule has 0 aromatic heterocycles. The van der Waals surface area contributed by atoms with Crippen LogP contribution >= 0.6 is 24.8 Å². The molecule has 3 heterocycles. The van der Waals surface area contributed by atoms with E-state index in [1.54, 1.807) is 0 Å². The molecule has 3 aliphatic heterocycles. The third-order valence-corrected chi connectivity index (χ3v) is 6.52. The predicted molar refractivity (Wildman–Crippen MR) is 119 cm³/mol. The Morgan fingerprint density at radius 1 is 0.897 bits per heavy atom. The number of piperazine rings is 1. The lowest BCUT2D eigenvalue weighted by Gasteiger charge is -2.43. The van der Waals surface area contributed by atoms with Crippen LogP contribution in [0.2, 0.25) is 0 Å². The van der Waals surface area contributed by atoms with Gasteiger partial charge >= 0.3 is 12.0 Å². The lowest BCUT2D eigenvalue weighted by molar-refractivity contribution is -0.140. The molecule has 0 saturated carbocycles. The normalized spacial score (nSPS) is 21.8. The molecule has 1 N–H and O–H groups in total. The maximum atomic E-state index is 12.8. The van der Waals surface area contributed by atoms with Gasteiger partial charge in [0.1, 0.15) is 0 Å². The number of carbonyl (C=O) groups excluding carboxylic acids is 2. The minimum absolute atomic E-state index is 0. The fourth-order valence-corrected chi connectivity index (χ4v) is 4.70. The summed E-state index contributed by atoms with van der Waals surface area (Å²) in [6, 6.07) is 0.928. The van der Waals surface area contributed by atoms with E-state index in [-0.39, 0.29) is 36.8 Å². The van der Waals surface area contributed by atoms with Gasteiger partial charge in [0.15, 0.2) is 0 Å². The van der Waals surface area contributed by atoms with Crippen molar-refractivity contribution in [2.45, 2.75) is 51.0 Å². The van der Waals surface area contributed by atoms with Crippen LogP contribution in [-0.4, -0.2) is 92.2 Å². The van der Waals surface area contributed by atoms with Crippen LogP contribution in [0.25, 0.3) is 0 Å². The van der Waals surface area contributed by atoms with Gasteiger partial charge < -0.3 is 19.9 Å². The number of urea groups is 1. The molecule has 0 radical (unpaired) electrons. The van der Waals surface area contributed by atoms with Crippen molar-refractivity contribution >= 4 is 36.8 Å². The second-order valence-electron chi connectivity index (χ2n) is 8.19. The number of piperidine rings is 2. The molecule has 170 valence electrons. The minimum Gasteiger partial charge on any atom is -0.469 e. The van der Waals surface area contributed by atoms with E-state index in [2.05, 4.69) is 15.1 Å². The molecule has 0 aromatic carbocycles. The fourth-order valence-electron chi connectivity index (χ4n) is 4.70. The summed E-state index contributed by atoms with van der Waals surface area (Å²) in [5.41, 5.74) is 0. The first-order valence-corrected chi connectivity index (χ1v) is 10.7. The monoisotopic (exact) mass is 452 g/mol. The zero-order valence-electron chi connectivity index (χ0n) is 17.6. The standard InChI is InChI=1S/C20H36N4O3.2ClH/c1-27-19(25)4-2-3-17-7-11-23(12-8-17)20(26)24-15-13-22(14-16-24)18-5-9-21-10-6-18;;/h17-18,21H,2-16H2,1H3;2*1H. The number of esters is 1. The number of methoxy groups -OCH3 is 1. The van der Waals surface area contributed by atoms with Crippen molar-refractivity contribution < 1.29 is 14.3 Å². The molecule has 3 rings (SSSR count). The van der Waals surface area contributed by atoms with Crippen LogP contribution in [0.4, 0.5) is 4.79 Å². The van der Waals surface area contributed by atoms with Gasteiger partial charge in [-0.3, -0.25) is 9.69 Å². The molecule has 29 heavy (non-hydrogen) atoms. The van der Waals surface area contributed by atoms with Crippen molar-refractivity contribution in [3.8, 4) is 0 Å². The van der Waals surface area contributed by atoms with Gasteiger partial charge in [0, 0.05) is 51.7 Å². The number of hydrogen-bond donors (Lipinski definition) is 1. The van der Waals surface area contributed by atoms with Crippen molar-refractivity contribution in [1.29, 1.82) is 0 Å². The SMILES string of the molecule is COC(=O)CCCC1CCN(C(=O)N2CCN(C3CCNCC3)CC2)CC1.Cl.Cl. The molecule has 0 bridgehead atoms. The first-order chi connectivity index (χ1) is 13.2. The molecule has 3 saturated heterocycles. The summed E-state index contributed by atoms with van der Waals surface area (Å²) in [6.07, 6.45) is 7.05. The van der Waals surface area contributed by atoms with E-state index >= 15 is 0 Å². The molecule has 9 heteroatoms. The highest BCUT2D eigenvalue weighted by molar-refractivity contribution is 5.85. The van der Waals surface area contributed by atoms with E-state index in [1.165, 1.54) is 20.0 Å². The zero-order valence-corrected chi connectivity index (χ0v) is 19.3. The molecule has 2 amide bonds. The summed E-state index contributed by atoms with van der Waals surface area (Å²) in [4.78, 5) is 30.7. The Morgan fingerprint density at radius 2 is 1.48 bits per heavy atom. The number of nitrogens with one attached hydrogen (secondary N) is 1. The van der Waals surface area contributed by atoms with E-state index < -0.39 is 0 Å². The van der Waals surface area contributed by atoms with Crippen LogP contribution in [0.15, 0.2) is 0 Å². The fraction of sp³-hybridized carbons (Fsp3) is 0.900. The Labute approximate surface area is 187 Å². The Kier molecular flexibility index (Phi) is 12.3. The second kappa shape index (κ2) is 13.5. The third-order valence-electron chi connectivity index (χ3n) is 6.52. The van der Waals surface area contributed by atoms with E-state index in [1.807, 2.05) is 4.90 Å². The highest BCUT2D eigenvalue weighted by atomic mass is 35.5. The van der Waals surface area contributed by atoms with Crippen molar-refractivity contribution in [2.24, 2.45) is 5.92 Å². The summed E-state index contributed by atoms with van der Waals surface area (Å²) < 4.78 is 4.70. The van der Waals surface area contributed by atoms with Crippen molar-refractivity contribution in [1.82, 2.24) is 20.0 Å². The zero-order chi connectivity index (χ0) is 19.1.